The molecule has 0 aliphatic carbocycles. The molecule has 3 N–H and O–H groups in total. The quantitative estimate of drug-likeness (QED) is 0.409. The van der Waals surface area contributed by atoms with Gasteiger partial charge in [-0.3, -0.25) is 0 Å². The highest BCUT2D eigenvalue weighted by Gasteiger charge is 2.41. The van der Waals surface area contributed by atoms with Crippen molar-refractivity contribution in [2.45, 2.75) is 24.7 Å². The molecule has 1 heterocycles. The Labute approximate surface area is 63.2 Å². The van der Waals surface area contributed by atoms with E-state index in [9.17, 15) is 4.79 Å². The molecule has 0 aromatic carbocycles. The van der Waals surface area contributed by atoms with Gasteiger partial charge in [0.25, 0.3) is 0 Å². The maximum Gasteiger partial charge on any atom is 0.338 e. The van der Waals surface area contributed by atoms with Crippen LogP contribution in [0.15, 0.2) is 0 Å². The van der Waals surface area contributed by atoms with Crippen LogP contribution in [0.3, 0.4) is 0 Å². The molecule has 0 bridgehead atoms. The first-order chi connectivity index (χ1) is 5.16. The normalized spacial score (nSPS) is 37.4. The van der Waals surface area contributed by atoms with E-state index in [0.29, 0.717) is 0 Å². The Kier molecular flexibility index (Phi) is 2.43. The average molecular weight is 162 g/mol. The molecule has 5 heteroatoms. The molecule has 0 radical (unpaired) electrons. The SMILES string of the molecule is O=C1OC(CCO)[C@H](O)[C@H]1O. The van der Waals surface area contributed by atoms with Crippen LogP contribution in [0.2, 0.25) is 0 Å². The topological polar surface area (TPSA) is 87.0 Å². The summed E-state index contributed by atoms with van der Waals surface area (Å²) in [5, 5.41) is 26.3. The average Bonchev–Trinajstić information content (AvgIpc) is 2.19. The molecule has 3 atom stereocenters. The van der Waals surface area contributed by atoms with E-state index in [0.717, 1.165) is 0 Å². The fourth-order valence-corrected chi connectivity index (χ4v) is 0.988. The Morgan fingerprint density at radius 3 is 2.45 bits per heavy atom. The number of cyclic esters (lactones) is 1. The van der Waals surface area contributed by atoms with Crippen LogP contribution in [0.25, 0.3) is 0 Å². The fraction of sp³-hybridized carbons (Fsp3) is 0.833. The maximum absolute atomic E-state index is 10.6. The van der Waals surface area contributed by atoms with Gasteiger partial charge in [0.15, 0.2) is 6.10 Å². The second kappa shape index (κ2) is 3.17. The molecule has 0 amide bonds. The lowest BCUT2D eigenvalue weighted by Gasteiger charge is -2.10. The number of hydrogen-bond acceptors (Lipinski definition) is 5. The lowest BCUT2D eigenvalue weighted by atomic mass is 10.1. The van der Waals surface area contributed by atoms with Gasteiger partial charge in [0.2, 0.25) is 0 Å². The minimum Gasteiger partial charge on any atom is -0.457 e. The summed E-state index contributed by atoms with van der Waals surface area (Å²) in [5.74, 6) is -0.823. The molecule has 0 saturated carbocycles. The number of aliphatic hydroxyl groups excluding tert-OH is 3. The van der Waals surface area contributed by atoms with Crippen LogP contribution in [0.5, 0.6) is 0 Å². The van der Waals surface area contributed by atoms with Crippen molar-refractivity contribution in [2.75, 3.05) is 6.61 Å². The lowest BCUT2D eigenvalue weighted by molar-refractivity contribution is -0.147. The third kappa shape index (κ3) is 1.50. The monoisotopic (exact) mass is 162 g/mol. The standard InChI is InChI=1S/C6H10O5/c7-2-1-3-4(8)5(9)6(10)11-3/h3-5,7-9H,1-2H2/t3?,4-,5+/m0/s1. The van der Waals surface area contributed by atoms with E-state index in [1.54, 1.807) is 0 Å². The second-order valence-electron chi connectivity index (χ2n) is 2.42. The summed E-state index contributed by atoms with van der Waals surface area (Å²) in [5.41, 5.74) is 0. The number of carbonyl (C=O) groups is 1. The number of aliphatic hydroxyl groups is 3. The Morgan fingerprint density at radius 2 is 2.09 bits per heavy atom. The predicted octanol–water partition coefficient (Wildman–Crippen LogP) is -1.98. The highest BCUT2D eigenvalue weighted by molar-refractivity contribution is 5.77. The first-order valence-electron chi connectivity index (χ1n) is 3.34. The Bertz CT molecular complexity index is 157. The summed E-state index contributed by atoms with van der Waals surface area (Å²) in [6, 6.07) is 0. The first-order valence-corrected chi connectivity index (χ1v) is 3.34. The molecule has 0 aromatic heterocycles. The highest BCUT2D eigenvalue weighted by Crippen LogP contribution is 2.17. The van der Waals surface area contributed by atoms with Gasteiger partial charge in [-0.25, -0.2) is 4.79 Å². The number of hydrogen-bond donors (Lipinski definition) is 3. The van der Waals surface area contributed by atoms with E-state index >= 15 is 0 Å². The van der Waals surface area contributed by atoms with Gasteiger partial charge in [0.1, 0.15) is 12.2 Å². The van der Waals surface area contributed by atoms with Crippen molar-refractivity contribution < 1.29 is 24.9 Å². The Morgan fingerprint density at radius 1 is 1.45 bits per heavy atom. The molecular formula is C6H10O5. The van der Waals surface area contributed by atoms with Gasteiger partial charge in [-0.2, -0.15) is 0 Å². The zero-order valence-electron chi connectivity index (χ0n) is 5.80. The number of esters is 1. The van der Waals surface area contributed by atoms with Gasteiger partial charge in [-0.1, -0.05) is 0 Å². The van der Waals surface area contributed by atoms with Crippen LogP contribution in [0, 0.1) is 0 Å². The Hall–Kier alpha value is -0.650. The molecule has 0 spiro atoms. The Balaban J connectivity index is 2.52. The first kappa shape index (κ1) is 8.45. The van der Waals surface area contributed by atoms with Crippen LogP contribution in [0.4, 0.5) is 0 Å². The third-order valence-electron chi connectivity index (χ3n) is 1.63. The van der Waals surface area contributed by atoms with E-state index < -0.39 is 24.3 Å². The summed E-state index contributed by atoms with van der Waals surface area (Å²) in [4.78, 5) is 10.6. The van der Waals surface area contributed by atoms with Gasteiger partial charge in [0, 0.05) is 13.0 Å². The van der Waals surface area contributed by atoms with Crippen LogP contribution in [-0.4, -0.2) is 46.2 Å². The van der Waals surface area contributed by atoms with Crippen molar-refractivity contribution in [1.82, 2.24) is 0 Å². The fourth-order valence-electron chi connectivity index (χ4n) is 0.988. The smallest absolute Gasteiger partial charge is 0.338 e. The van der Waals surface area contributed by atoms with Crippen molar-refractivity contribution in [1.29, 1.82) is 0 Å². The minimum atomic E-state index is -1.45. The van der Waals surface area contributed by atoms with Crippen molar-refractivity contribution in [3.05, 3.63) is 0 Å². The van der Waals surface area contributed by atoms with E-state index in [2.05, 4.69) is 4.74 Å². The molecule has 1 unspecified atom stereocenters. The number of ether oxygens (including phenoxy) is 1. The summed E-state index contributed by atoms with van der Waals surface area (Å²) in [6.07, 6.45) is -3.26. The molecule has 1 rings (SSSR count). The van der Waals surface area contributed by atoms with Crippen molar-refractivity contribution in [3.8, 4) is 0 Å². The third-order valence-corrected chi connectivity index (χ3v) is 1.63. The van der Waals surface area contributed by atoms with Crippen LogP contribution in [0.1, 0.15) is 6.42 Å². The molecule has 11 heavy (non-hydrogen) atoms. The largest absolute Gasteiger partial charge is 0.457 e. The molecule has 1 fully saturated rings. The number of rotatable bonds is 2. The van der Waals surface area contributed by atoms with Gasteiger partial charge < -0.3 is 20.1 Å². The number of carbonyl (C=O) groups excluding carboxylic acids is 1. The van der Waals surface area contributed by atoms with Crippen LogP contribution < -0.4 is 0 Å². The van der Waals surface area contributed by atoms with E-state index in [1.165, 1.54) is 0 Å². The minimum absolute atomic E-state index is 0.157. The van der Waals surface area contributed by atoms with Crippen molar-refractivity contribution in [2.24, 2.45) is 0 Å². The van der Waals surface area contributed by atoms with Gasteiger partial charge in [0.05, 0.1) is 0 Å². The summed E-state index contributed by atoms with van der Waals surface area (Å²) >= 11 is 0. The zero-order chi connectivity index (χ0) is 8.43. The molecule has 0 aromatic rings. The summed E-state index contributed by atoms with van der Waals surface area (Å²) < 4.78 is 4.53. The highest BCUT2D eigenvalue weighted by atomic mass is 16.6. The summed E-state index contributed by atoms with van der Waals surface area (Å²) in [6.45, 7) is -0.179. The second-order valence-corrected chi connectivity index (χ2v) is 2.42. The van der Waals surface area contributed by atoms with Crippen molar-refractivity contribution in [3.63, 3.8) is 0 Å². The zero-order valence-corrected chi connectivity index (χ0v) is 5.80. The molecular weight excluding hydrogens is 152 g/mol. The predicted molar refractivity (Wildman–Crippen MR) is 33.6 cm³/mol. The van der Waals surface area contributed by atoms with E-state index in [-0.39, 0.29) is 13.0 Å². The summed E-state index contributed by atoms with van der Waals surface area (Å²) in [7, 11) is 0. The van der Waals surface area contributed by atoms with Gasteiger partial charge in [-0.05, 0) is 0 Å². The molecule has 1 aliphatic heterocycles. The van der Waals surface area contributed by atoms with Crippen molar-refractivity contribution >= 4 is 5.97 Å². The van der Waals surface area contributed by atoms with E-state index in [1.807, 2.05) is 0 Å². The van der Waals surface area contributed by atoms with Gasteiger partial charge in [-0.15, -0.1) is 0 Å². The lowest BCUT2D eigenvalue weighted by Crippen LogP contribution is -2.31. The van der Waals surface area contributed by atoms with E-state index in [4.69, 9.17) is 15.3 Å². The molecule has 64 valence electrons. The molecule has 1 aliphatic rings. The van der Waals surface area contributed by atoms with Crippen LogP contribution >= 0.6 is 0 Å². The maximum atomic E-state index is 10.6. The van der Waals surface area contributed by atoms with Gasteiger partial charge >= 0.3 is 5.97 Å². The van der Waals surface area contributed by atoms with Crippen LogP contribution in [-0.2, 0) is 9.53 Å². The molecule has 5 nitrogen and oxygen atoms in total. The molecule has 1 saturated heterocycles.